The smallest absolute Gasteiger partial charge is 0.320 e. The van der Waals surface area contributed by atoms with Gasteiger partial charge in [-0.05, 0) is 19.1 Å². The fourth-order valence-electron chi connectivity index (χ4n) is 1.75. The molecule has 0 aliphatic carbocycles. The molecule has 0 saturated heterocycles. The molecule has 1 heterocycles. The van der Waals surface area contributed by atoms with Gasteiger partial charge in [0.2, 0.25) is 10.0 Å². The van der Waals surface area contributed by atoms with Crippen LogP contribution < -0.4 is 4.72 Å². The van der Waals surface area contributed by atoms with Crippen LogP contribution in [-0.2, 0) is 14.8 Å². The lowest BCUT2D eigenvalue weighted by molar-refractivity contribution is -0.134. The topological polar surface area (TPSA) is 96.6 Å². The third-order valence-electron chi connectivity index (χ3n) is 2.54. The van der Waals surface area contributed by atoms with Crippen LogP contribution in [-0.4, -0.2) is 25.2 Å². The van der Waals surface area contributed by atoms with E-state index in [4.69, 9.17) is 9.52 Å². The molecular weight excluding hydrogens is 270 g/mol. The summed E-state index contributed by atoms with van der Waals surface area (Å²) in [4.78, 5) is 10.4. The maximum atomic E-state index is 11.5. The summed E-state index contributed by atoms with van der Waals surface area (Å²) in [5.74, 6) is -1.92. The summed E-state index contributed by atoms with van der Waals surface area (Å²) in [5.41, 5.74) is 0.654. The Morgan fingerprint density at radius 2 is 2.11 bits per heavy atom. The predicted molar refractivity (Wildman–Crippen MR) is 69.2 cm³/mol. The molecule has 6 nitrogen and oxygen atoms in total. The molecule has 0 amide bonds. The van der Waals surface area contributed by atoms with E-state index in [9.17, 15) is 13.2 Å². The zero-order valence-electron chi connectivity index (χ0n) is 10.2. The van der Waals surface area contributed by atoms with Crippen LogP contribution in [0.2, 0.25) is 0 Å². The van der Waals surface area contributed by atoms with Gasteiger partial charge in [-0.15, -0.1) is 0 Å². The quantitative estimate of drug-likeness (QED) is 0.866. The number of benzene rings is 1. The second kappa shape index (κ2) is 5.02. The Bertz CT molecular complexity index is 671. The number of carbonyl (C=O) groups is 1. The summed E-state index contributed by atoms with van der Waals surface area (Å²) >= 11 is 0. The van der Waals surface area contributed by atoms with Crippen LogP contribution in [0.25, 0.3) is 11.0 Å². The van der Waals surface area contributed by atoms with Crippen LogP contribution in [0, 0.1) is 0 Å². The van der Waals surface area contributed by atoms with Crippen molar-refractivity contribution >= 4 is 27.0 Å². The van der Waals surface area contributed by atoms with Crippen LogP contribution >= 0.6 is 0 Å². The normalized spacial score (nSPS) is 13.5. The van der Waals surface area contributed by atoms with Crippen molar-refractivity contribution in [1.82, 2.24) is 4.72 Å². The molecule has 19 heavy (non-hydrogen) atoms. The molecular formula is C12H13NO5S. The Balaban J connectivity index is 2.20. The number of hydrogen-bond donors (Lipinski definition) is 2. The van der Waals surface area contributed by atoms with Crippen molar-refractivity contribution in [3.8, 4) is 0 Å². The molecule has 0 aliphatic rings. The van der Waals surface area contributed by atoms with E-state index in [2.05, 4.69) is 4.72 Å². The molecule has 1 atom stereocenters. The summed E-state index contributed by atoms with van der Waals surface area (Å²) in [6.45, 7) is 1.59. The van der Waals surface area contributed by atoms with E-state index in [0.29, 0.717) is 11.3 Å². The standard InChI is InChI=1S/C12H13NO5S/c1-8(13-19(16,17)7-12(14)15)11-6-9-4-2-3-5-10(9)18-11/h2-6,8,13H,7H2,1H3,(H,14,15). The molecule has 1 aromatic carbocycles. The molecule has 0 spiro atoms. The molecule has 0 saturated carbocycles. The number of hydrogen-bond acceptors (Lipinski definition) is 4. The monoisotopic (exact) mass is 283 g/mol. The SMILES string of the molecule is CC(NS(=O)(=O)CC(=O)O)c1cc2ccccc2o1. The number of aliphatic carboxylic acids is 1. The number of para-hydroxylation sites is 1. The van der Waals surface area contributed by atoms with Gasteiger partial charge in [-0.1, -0.05) is 18.2 Å². The first kappa shape index (κ1) is 13.6. The maximum absolute atomic E-state index is 11.5. The van der Waals surface area contributed by atoms with Gasteiger partial charge in [-0.3, -0.25) is 4.79 Å². The average molecular weight is 283 g/mol. The van der Waals surface area contributed by atoms with Crippen molar-refractivity contribution in [2.24, 2.45) is 0 Å². The Morgan fingerprint density at radius 1 is 1.42 bits per heavy atom. The van der Waals surface area contributed by atoms with Crippen LogP contribution in [0.4, 0.5) is 0 Å². The first-order valence-corrected chi connectivity index (χ1v) is 7.23. The van der Waals surface area contributed by atoms with Gasteiger partial charge in [0.1, 0.15) is 11.3 Å². The molecule has 2 aromatic rings. The summed E-state index contributed by atoms with van der Waals surface area (Å²) in [5, 5.41) is 9.37. The largest absolute Gasteiger partial charge is 0.480 e. The Morgan fingerprint density at radius 3 is 2.74 bits per heavy atom. The van der Waals surface area contributed by atoms with Gasteiger partial charge in [-0.25, -0.2) is 13.1 Å². The molecule has 0 aliphatic heterocycles. The molecule has 0 radical (unpaired) electrons. The van der Waals surface area contributed by atoms with Crippen molar-refractivity contribution < 1.29 is 22.7 Å². The Kier molecular flexibility index (Phi) is 3.59. The minimum absolute atomic E-state index is 0.440. The van der Waals surface area contributed by atoms with E-state index in [1.807, 2.05) is 18.2 Å². The molecule has 102 valence electrons. The highest BCUT2D eigenvalue weighted by atomic mass is 32.2. The van der Waals surface area contributed by atoms with E-state index in [-0.39, 0.29) is 0 Å². The summed E-state index contributed by atoms with van der Waals surface area (Å²) < 4.78 is 30.8. The third-order valence-corrected chi connectivity index (χ3v) is 3.88. The number of nitrogens with one attached hydrogen (secondary N) is 1. The van der Waals surface area contributed by atoms with Crippen LogP contribution in [0.15, 0.2) is 34.7 Å². The van der Waals surface area contributed by atoms with Crippen molar-refractivity contribution in [1.29, 1.82) is 0 Å². The van der Waals surface area contributed by atoms with Crippen molar-refractivity contribution in [2.75, 3.05) is 5.75 Å². The predicted octanol–water partition coefficient (Wildman–Crippen LogP) is 1.50. The van der Waals surface area contributed by atoms with Gasteiger partial charge in [0.05, 0.1) is 6.04 Å². The summed E-state index contributed by atoms with van der Waals surface area (Å²) in [7, 11) is -3.88. The van der Waals surface area contributed by atoms with Crippen molar-refractivity contribution in [3.63, 3.8) is 0 Å². The van der Waals surface area contributed by atoms with E-state index in [1.165, 1.54) is 0 Å². The highest BCUT2D eigenvalue weighted by Gasteiger charge is 2.21. The minimum Gasteiger partial charge on any atom is -0.480 e. The second-order valence-corrected chi connectivity index (χ2v) is 5.93. The molecule has 1 unspecified atom stereocenters. The molecule has 7 heteroatoms. The molecule has 1 aromatic heterocycles. The summed E-state index contributed by atoms with van der Waals surface area (Å²) in [6.07, 6.45) is 0. The molecule has 0 fully saturated rings. The molecule has 2 N–H and O–H groups in total. The zero-order chi connectivity index (χ0) is 14.0. The van der Waals surface area contributed by atoms with Gasteiger partial charge in [-0.2, -0.15) is 0 Å². The fraction of sp³-hybridized carbons (Fsp3) is 0.250. The number of fused-ring (bicyclic) bond motifs is 1. The number of carboxylic acids is 1. The van der Waals surface area contributed by atoms with Gasteiger partial charge in [0.25, 0.3) is 0 Å². The van der Waals surface area contributed by atoms with Gasteiger partial charge in [0, 0.05) is 5.39 Å². The lowest BCUT2D eigenvalue weighted by Gasteiger charge is -2.10. The molecule has 0 bridgehead atoms. The highest BCUT2D eigenvalue weighted by molar-refractivity contribution is 7.90. The number of carboxylic acid groups (broad SMARTS) is 1. The Labute approximate surface area is 110 Å². The second-order valence-electron chi connectivity index (χ2n) is 4.18. The van der Waals surface area contributed by atoms with Crippen molar-refractivity contribution in [2.45, 2.75) is 13.0 Å². The fourth-order valence-corrected chi connectivity index (χ4v) is 2.81. The highest BCUT2D eigenvalue weighted by Crippen LogP contribution is 2.23. The average Bonchev–Trinajstić information content (AvgIpc) is 2.69. The van der Waals surface area contributed by atoms with Crippen LogP contribution in [0.5, 0.6) is 0 Å². The van der Waals surface area contributed by atoms with E-state index >= 15 is 0 Å². The number of furan rings is 1. The van der Waals surface area contributed by atoms with E-state index < -0.39 is 27.8 Å². The third kappa shape index (κ3) is 3.33. The van der Waals surface area contributed by atoms with E-state index in [0.717, 1.165) is 5.39 Å². The minimum atomic E-state index is -3.88. The first-order chi connectivity index (χ1) is 8.87. The van der Waals surface area contributed by atoms with Gasteiger partial charge < -0.3 is 9.52 Å². The lowest BCUT2D eigenvalue weighted by atomic mass is 10.2. The van der Waals surface area contributed by atoms with Crippen LogP contribution in [0.3, 0.4) is 0 Å². The maximum Gasteiger partial charge on any atom is 0.320 e. The van der Waals surface area contributed by atoms with Crippen LogP contribution in [0.1, 0.15) is 18.7 Å². The number of sulfonamides is 1. The summed E-state index contributed by atoms with van der Waals surface area (Å²) in [6, 6.07) is 8.38. The van der Waals surface area contributed by atoms with Crippen molar-refractivity contribution in [3.05, 3.63) is 36.1 Å². The number of rotatable bonds is 5. The van der Waals surface area contributed by atoms with Gasteiger partial charge in [0.15, 0.2) is 5.75 Å². The zero-order valence-corrected chi connectivity index (χ0v) is 11.0. The first-order valence-electron chi connectivity index (χ1n) is 5.58. The van der Waals surface area contributed by atoms with E-state index in [1.54, 1.807) is 19.1 Å². The van der Waals surface area contributed by atoms with Gasteiger partial charge >= 0.3 is 5.97 Å². The Hall–Kier alpha value is -1.86. The lowest BCUT2D eigenvalue weighted by Crippen LogP contribution is -2.31. The molecule has 2 rings (SSSR count).